The molecular formula is C16H26O4. The van der Waals surface area contributed by atoms with E-state index in [1.807, 2.05) is 0 Å². The molecule has 0 aromatic heterocycles. The van der Waals surface area contributed by atoms with Crippen molar-refractivity contribution in [1.29, 1.82) is 0 Å². The molecule has 0 aromatic carbocycles. The molecule has 0 fully saturated rings. The summed E-state index contributed by atoms with van der Waals surface area (Å²) < 4.78 is 5.08. The van der Waals surface area contributed by atoms with Crippen LogP contribution in [0, 0.1) is 11.8 Å². The van der Waals surface area contributed by atoms with Crippen molar-refractivity contribution in [2.24, 2.45) is 11.8 Å². The van der Waals surface area contributed by atoms with Crippen molar-refractivity contribution in [2.75, 3.05) is 6.61 Å². The average Bonchev–Trinajstić information content (AvgIpc) is 2.40. The predicted molar refractivity (Wildman–Crippen MR) is 79.3 cm³/mol. The van der Waals surface area contributed by atoms with Crippen LogP contribution in [0.25, 0.3) is 0 Å². The Bertz CT molecular complexity index is 322. The summed E-state index contributed by atoms with van der Waals surface area (Å²) in [6.07, 6.45) is 7.34. The first-order valence-corrected chi connectivity index (χ1v) is 7.11. The van der Waals surface area contributed by atoms with Gasteiger partial charge < -0.3 is 9.84 Å². The Labute approximate surface area is 121 Å². The van der Waals surface area contributed by atoms with Gasteiger partial charge in [0.1, 0.15) is 6.61 Å². The second-order valence-electron chi connectivity index (χ2n) is 5.12. The third-order valence-corrected chi connectivity index (χ3v) is 3.15. The minimum absolute atomic E-state index is 0.165. The van der Waals surface area contributed by atoms with Crippen LogP contribution in [0.15, 0.2) is 25.3 Å². The highest BCUT2D eigenvalue weighted by Gasteiger charge is 2.21. The van der Waals surface area contributed by atoms with Crippen LogP contribution in [0.1, 0.15) is 45.4 Å². The molecular weight excluding hydrogens is 256 g/mol. The number of unbranched alkanes of at least 4 members (excludes halogenated alkanes) is 1. The molecule has 2 unspecified atom stereocenters. The van der Waals surface area contributed by atoms with Crippen LogP contribution >= 0.6 is 0 Å². The van der Waals surface area contributed by atoms with Crippen molar-refractivity contribution in [3.63, 3.8) is 0 Å². The Balaban J connectivity index is 4.08. The zero-order valence-electron chi connectivity index (χ0n) is 12.3. The van der Waals surface area contributed by atoms with Gasteiger partial charge in [-0.3, -0.25) is 9.59 Å². The van der Waals surface area contributed by atoms with E-state index in [4.69, 9.17) is 9.84 Å². The van der Waals surface area contributed by atoms with Crippen LogP contribution in [-0.4, -0.2) is 23.7 Å². The summed E-state index contributed by atoms with van der Waals surface area (Å²) in [5.41, 5.74) is 0. The third-order valence-electron chi connectivity index (χ3n) is 3.15. The molecule has 0 aliphatic carbocycles. The molecule has 20 heavy (non-hydrogen) atoms. The number of carboxylic acid groups (broad SMARTS) is 1. The van der Waals surface area contributed by atoms with Crippen LogP contribution in [0.5, 0.6) is 0 Å². The summed E-state index contributed by atoms with van der Waals surface area (Å²) in [7, 11) is 0. The molecule has 0 amide bonds. The van der Waals surface area contributed by atoms with E-state index in [1.165, 1.54) is 0 Å². The van der Waals surface area contributed by atoms with E-state index in [2.05, 4.69) is 20.1 Å². The molecule has 0 aliphatic heterocycles. The molecule has 114 valence electrons. The largest absolute Gasteiger partial charge is 0.481 e. The van der Waals surface area contributed by atoms with Gasteiger partial charge in [-0.15, -0.1) is 6.58 Å². The minimum atomic E-state index is -0.754. The Hall–Kier alpha value is -1.58. The Morgan fingerprint density at radius 1 is 1.25 bits per heavy atom. The molecule has 0 saturated heterocycles. The number of aliphatic carboxylic acids is 1. The molecule has 0 aromatic rings. The van der Waals surface area contributed by atoms with Gasteiger partial charge in [0.2, 0.25) is 0 Å². The molecule has 1 N–H and O–H groups in total. The van der Waals surface area contributed by atoms with Gasteiger partial charge >= 0.3 is 11.9 Å². The SMILES string of the molecule is C=CCOC(=O)C(CC=C)CC(C)CCCCC(=O)O. The monoisotopic (exact) mass is 282 g/mol. The van der Waals surface area contributed by atoms with Gasteiger partial charge in [0.05, 0.1) is 5.92 Å². The number of allylic oxidation sites excluding steroid dienone is 1. The van der Waals surface area contributed by atoms with Crippen molar-refractivity contribution in [2.45, 2.75) is 45.4 Å². The maximum Gasteiger partial charge on any atom is 0.309 e. The Morgan fingerprint density at radius 3 is 2.50 bits per heavy atom. The Morgan fingerprint density at radius 2 is 1.95 bits per heavy atom. The van der Waals surface area contributed by atoms with Crippen molar-refractivity contribution >= 4 is 11.9 Å². The fourth-order valence-corrected chi connectivity index (χ4v) is 2.12. The highest BCUT2D eigenvalue weighted by atomic mass is 16.5. The highest BCUT2D eigenvalue weighted by Crippen LogP contribution is 2.22. The lowest BCUT2D eigenvalue weighted by molar-refractivity contribution is -0.147. The quantitative estimate of drug-likeness (QED) is 0.337. The van der Waals surface area contributed by atoms with E-state index in [9.17, 15) is 9.59 Å². The van der Waals surface area contributed by atoms with Crippen molar-refractivity contribution < 1.29 is 19.4 Å². The minimum Gasteiger partial charge on any atom is -0.481 e. The van der Waals surface area contributed by atoms with E-state index < -0.39 is 5.97 Å². The van der Waals surface area contributed by atoms with Gasteiger partial charge in [-0.25, -0.2) is 0 Å². The number of carboxylic acids is 1. The normalized spacial score (nSPS) is 13.2. The summed E-state index contributed by atoms with van der Waals surface area (Å²) in [6, 6.07) is 0. The lowest BCUT2D eigenvalue weighted by Gasteiger charge is -2.18. The number of rotatable bonds is 12. The molecule has 2 atom stereocenters. The molecule has 0 bridgehead atoms. The zero-order valence-corrected chi connectivity index (χ0v) is 12.3. The van der Waals surface area contributed by atoms with Crippen molar-refractivity contribution in [3.05, 3.63) is 25.3 Å². The van der Waals surface area contributed by atoms with Crippen LogP contribution in [0.4, 0.5) is 0 Å². The smallest absolute Gasteiger partial charge is 0.309 e. The summed E-state index contributed by atoms with van der Waals surface area (Å²) in [5.74, 6) is -0.760. The van der Waals surface area contributed by atoms with E-state index in [0.717, 1.165) is 19.3 Å². The fraction of sp³-hybridized carbons (Fsp3) is 0.625. The number of ether oxygens (including phenoxy) is 1. The van der Waals surface area contributed by atoms with E-state index in [-0.39, 0.29) is 24.9 Å². The maximum absolute atomic E-state index is 11.9. The zero-order chi connectivity index (χ0) is 15.4. The van der Waals surface area contributed by atoms with Gasteiger partial charge in [-0.05, 0) is 25.2 Å². The number of hydrogen-bond donors (Lipinski definition) is 1. The number of carbonyl (C=O) groups is 2. The fourth-order valence-electron chi connectivity index (χ4n) is 2.12. The second kappa shape index (κ2) is 11.3. The van der Waals surface area contributed by atoms with E-state index in [0.29, 0.717) is 18.8 Å². The summed E-state index contributed by atoms with van der Waals surface area (Å²) in [6.45, 7) is 9.51. The lowest BCUT2D eigenvalue weighted by atomic mass is 9.90. The van der Waals surface area contributed by atoms with Crippen LogP contribution in [0.3, 0.4) is 0 Å². The highest BCUT2D eigenvalue weighted by molar-refractivity contribution is 5.72. The van der Waals surface area contributed by atoms with Crippen molar-refractivity contribution in [1.82, 2.24) is 0 Å². The molecule has 0 heterocycles. The molecule has 4 nitrogen and oxygen atoms in total. The van der Waals surface area contributed by atoms with Crippen molar-refractivity contribution in [3.8, 4) is 0 Å². The molecule has 4 heteroatoms. The molecule has 0 radical (unpaired) electrons. The standard InChI is InChI=1S/C16H26O4/c1-4-8-14(16(19)20-11-5-2)12-13(3)9-6-7-10-15(17)18/h4-5,13-14H,1-2,6-12H2,3H3,(H,17,18). The third kappa shape index (κ3) is 9.36. The molecule has 0 spiro atoms. The topological polar surface area (TPSA) is 63.6 Å². The predicted octanol–water partition coefficient (Wildman–Crippen LogP) is 3.58. The number of esters is 1. The number of hydrogen-bond acceptors (Lipinski definition) is 3. The molecule has 0 rings (SSSR count). The van der Waals surface area contributed by atoms with Gasteiger partial charge in [0.25, 0.3) is 0 Å². The van der Waals surface area contributed by atoms with Gasteiger partial charge in [-0.1, -0.05) is 38.5 Å². The lowest BCUT2D eigenvalue weighted by Crippen LogP contribution is -2.20. The first-order valence-electron chi connectivity index (χ1n) is 7.11. The van der Waals surface area contributed by atoms with Gasteiger partial charge in [0, 0.05) is 6.42 Å². The van der Waals surface area contributed by atoms with Crippen LogP contribution in [-0.2, 0) is 14.3 Å². The second-order valence-corrected chi connectivity index (χ2v) is 5.12. The van der Waals surface area contributed by atoms with E-state index in [1.54, 1.807) is 12.2 Å². The summed E-state index contributed by atoms with van der Waals surface area (Å²) in [4.78, 5) is 22.3. The Kier molecular flexibility index (Phi) is 10.4. The summed E-state index contributed by atoms with van der Waals surface area (Å²) >= 11 is 0. The molecule has 0 saturated carbocycles. The van der Waals surface area contributed by atoms with Crippen LogP contribution < -0.4 is 0 Å². The van der Waals surface area contributed by atoms with Gasteiger partial charge in [-0.2, -0.15) is 0 Å². The number of carbonyl (C=O) groups excluding carboxylic acids is 1. The van der Waals surface area contributed by atoms with E-state index >= 15 is 0 Å². The van der Waals surface area contributed by atoms with Gasteiger partial charge in [0.15, 0.2) is 0 Å². The molecule has 0 aliphatic rings. The average molecular weight is 282 g/mol. The first-order chi connectivity index (χ1) is 9.51. The maximum atomic E-state index is 11.9. The van der Waals surface area contributed by atoms with Crippen LogP contribution in [0.2, 0.25) is 0 Å². The first kappa shape index (κ1) is 18.4. The summed E-state index contributed by atoms with van der Waals surface area (Å²) in [5, 5.41) is 8.57.